The van der Waals surface area contributed by atoms with Crippen molar-refractivity contribution in [1.29, 1.82) is 0 Å². The molecule has 1 aliphatic heterocycles. The first-order valence-electron chi connectivity index (χ1n) is 6.23. The number of hydrogen-bond acceptors (Lipinski definition) is 3. The highest BCUT2D eigenvalue weighted by atomic mass is 16.3. The van der Waals surface area contributed by atoms with Crippen molar-refractivity contribution in [1.82, 2.24) is 5.32 Å². The lowest BCUT2D eigenvalue weighted by Crippen LogP contribution is -2.48. The maximum absolute atomic E-state index is 9.53. The van der Waals surface area contributed by atoms with Gasteiger partial charge in [0.05, 0.1) is 12.1 Å². The molecule has 0 saturated carbocycles. The van der Waals surface area contributed by atoms with Crippen LogP contribution < -0.4 is 10.2 Å². The Balaban J connectivity index is 2.26. The van der Waals surface area contributed by atoms with Gasteiger partial charge >= 0.3 is 0 Å². The van der Waals surface area contributed by atoms with Crippen LogP contribution in [0.25, 0.3) is 0 Å². The molecule has 2 rings (SSSR count). The average molecular weight is 234 g/mol. The SMILES string of the molecule is CNC1(CO)CCN(c2c(C)cccc2C)C1. The van der Waals surface area contributed by atoms with Gasteiger partial charge in [-0.15, -0.1) is 0 Å². The zero-order valence-corrected chi connectivity index (χ0v) is 11.0. The second kappa shape index (κ2) is 4.67. The third kappa shape index (κ3) is 2.17. The predicted molar refractivity (Wildman–Crippen MR) is 71.6 cm³/mol. The number of nitrogens with zero attached hydrogens (tertiary/aromatic N) is 1. The van der Waals surface area contributed by atoms with Gasteiger partial charge in [0.1, 0.15) is 0 Å². The molecule has 1 aliphatic rings. The molecule has 17 heavy (non-hydrogen) atoms. The number of likely N-dealkylation sites (N-methyl/N-ethyl adjacent to an activating group) is 1. The largest absolute Gasteiger partial charge is 0.394 e. The summed E-state index contributed by atoms with van der Waals surface area (Å²) in [6.07, 6.45) is 0.994. The van der Waals surface area contributed by atoms with Crippen LogP contribution in [-0.2, 0) is 0 Å². The van der Waals surface area contributed by atoms with Crippen LogP contribution in [0.15, 0.2) is 18.2 Å². The maximum atomic E-state index is 9.53. The third-order valence-electron chi connectivity index (χ3n) is 3.94. The van der Waals surface area contributed by atoms with E-state index in [0.29, 0.717) is 0 Å². The highest BCUT2D eigenvalue weighted by molar-refractivity contribution is 5.60. The number of para-hydroxylation sites is 1. The zero-order valence-electron chi connectivity index (χ0n) is 11.0. The molecule has 0 spiro atoms. The van der Waals surface area contributed by atoms with Crippen molar-refractivity contribution >= 4 is 5.69 Å². The number of anilines is 1. The summed E-state index contributed by atoms with van der Waals surface area (Å²) in [5.41, 5.74) is 3.83. The van der Waals surface area contributed by atoms with E-state index in [1.807, 2.05) is 7.05 Å². The van der Waals surface area contributed by atoms with Crippen LogP contribution in [0, 0.1) is 13.8 Å². The second-order valence-corrected chi connectivity index (χ2v) is 5.10. The lowest BCUT2D eigenvalue weighted by Gasteiger charge is -2.28. The number of nitrogens with one attached hydrogen (secondary N) is 1. The number of aliphatic hydroxyl groups excluding tert-OH is 1. The van der Waals surface area contributed by atoms with E-state index < -0.39 is 0 Å². The van der Waals surface area contributed by atoms with Crippen LogP contribution in [0.2, 0.25) is 0 Å². The van der Waals surface area contributed by atoms with Gasteiger partial charge in [0.2, 0.25) is 0 Å². The number of hydrogen-bond donors (Lipinski definition) is 2. The summed E-state index contributed by atoms with van der Waals surface area (Å²) in [6.45, 7) is 6.39. The van der Waals surface area contributed by atoms with E-state index in [4.69, 9.17) is 0 Å². The first-order chi connectivity index (χ1) is 8.12. The van der Waals surface area contributed by atoms with Crippen LogP contribution in [0.3, 0.4) is 0 Å². The fourth-order valence-electron chi connectivity index (χ4n) is 2.78. The van der Waals surface area contributed by atoms with Gasteiger partial charge in [-0.1, -0.05) is 18.2 Å². The second-order valence-electron chi connectivity index (χ2n) is 5.10. The molecule has 1 atom stereocenters. The Hall–Kier alpha value is -1.06. The predicted octanol–water partition coefficient (Wildman–Crippen LogP) is 1.46. The summed E-state index contributed by atoms with van der Waals surface area (Å²) >= 11 is 0. The Morgan fingerprint density at radius 2 is 2.00 bits per heavy atom. The minimum absolute atomic E-state index is 0.130. The maximum Gasteiger partial charge on any atom is 0.0631 e. The molecule has 3 heteroatoms. The van der Waals surface area contributed by atoms with Crippen LogP contribution >= 0.6 is 0 Å². The van der Waals surface area contributed by atoms with Crippen molar-refractivity contribution in [2.24, 2.45) is 0 Å². The Kier molecular flexibility index (Phi) is 3.40. The van der Waals surface area contributed by atoms with Gasteiger partial charge in [-0.3, -0.25) is 0 Å². The van der Waals surface area contributed by atoms with Crippen molar-refractivity contribution < 1.29 is 5.11 Å². The molecule has 0 aromatic heterocycles. The van der Waals surface area contributed by atoms with Crippen LogP contribution in [0.4, 0.5) is 5.69 Å². The van der Waals surface area contributed by atoms with E-state index in [0.717, 1.165) is 19.5 Å². The molecule has 1 saturated heterocycles. The normalized spacial score (nSPS) is 24.4. The lowest BCUT2D eigenvalue weighted by molar-refractivity contribution is 0.184. The Labute approximate surface area is 103 Å². The van der Waals surface area contributed by atoms with E-state index in [1.54, 1.807) is 0 Å². The van der Waals surface area contributed by atoms with E-state index >= 15 is 0 Å². The van der Waals surface area contributed by atoms with Gasteiger partial charge in [0.15, 0.2) is 0 Å². The summed E-state index contributed by atoms with van der Waals surface area (Å²) in [5, 5.41) is 12.8. The van der Waals surface area contributed by atoms with Gasteiger partial charge in [0.25, 0.3) is 0 Å². The molecular weight excluding hydrogens is 212 g/mol. The molecule has 1 unspecified atom stereocenters. The highest BCUT2D eigenvalue weighted by Crippen LogP contribution is 2.31. The van der Waals surface area contributed by atoms with Crippen molar-refractivity contribution in [2.45, 2.75) is 25.8 Å². The molecule has 94 valence electrons. The van der Waals surface area contributed by atoms with Gasteiger partial charge in [-0.2, -0.15) is 0 Å². The first kappa shape index (κ1) is 12.4. The molecule has 1 heterocycles. The molecule has 0 radical (unpaired) electrons. The molecule has 2 N–H and O–H groups in total. The molecule has 0 bridgehead atoms. The quantitative estimate of drug-likeness (QED) is 0.831. The first-order valence-corrected chi connectivity index (χ1v) is 6.23. The molecule has 1 aromatic rings. The molecular formula is C14H22N2O. The third-order valence-corrected chi connectivity index (χ3v) is 3.94. The van der Waals surface area contributed by atoms with Gasteiger partial charge in [-0.05, 0) is 38.4 Å². The molecule has 1 aromatic carbocycles. The number of aryl methyl sites for hydroxylation is 2. The van der Waals surface area contributed by atoms with Crippen molar-refractivity contribution in [3.05, 3.63) is 29.3 Å². The van der Waals surface area contributed by atoms with Crippen LogP contribution in [0.5, 0.6) is 0 Å². The number of rotatable bonds is 3. The van der Waals surface area contributed by atoms with E-state index in [2.05, 4.69) is 42.3 Å². The Bertz CT molecular complexity index is 379. The fraction of sp³-hybridized carbons (Fsp3) is 0.571. The molecule has 0 aliphatic carbocycles. The van der Waals surface area contributed by atoms with Crippen molar-refractivity contribution in [2.75, 3.05) is 31.6 Å². The fourth-order valence-corrected chi connectivity index (χ4v) is 2.78. The number of aliphatic hydroxyl groups is 1. The Morgan fingerprint density at radius 1 is 1.35 bits per heavy atom. The lowest BCUT2D eigenvalue weighted by atomic mass is 10.0. The van der Waals surface area contributed by atoms with Crippen LogP contribution in [0.1, 0.15) is 17.5 Å². The summed E-state index contributed by atoms with van der Waals surface area (Å²) in [4.78, 5) is 2.39. The highest BCUT2D eigenvalue weighted by Gasteiger charge is 2.36. The van der Waals surface area contributed by atoms with E-state index in [1.165, 1.54) is 16.8 Å². The molecule has 1 fully saturated rings. The van der Waals surface area contributed by atoms with Crippen molar-refractivity contribution in [3.63, 3.8) is 0 Å². The van der Waals surface area contributed by atoms with Gasteiger partial charge in [0, 0.05) is 18.8 Å². The average Bonchev–Trinajstić information content (AvgIpc) is 2.74. The van der Waals surface area contributed by atoms with Gasteiger partial charge < -0.3 is 15.3 Å². The minimum Gasteiger partial charge on any atom is -0.394 e. The van der Waals surface area contributed by atoms with Gasteiger partial charge in [-0.25, -0.2) is 0 Å². The van der Waals surface area contributed by atoms with E-state index in [-0.39, 0.29) is 12.1 Å². The summed E-state index contributed by atoms with van der Waals surface area (Å²) in [6, 6.07) is 6.41. The monoisotopic (exact) mass is 234 g/mol. The standard InChI is InChI=1S/C14H22N2O/c1-11-5-4-6-12(2)13(11)16-8-7-14(9-16,10-17)15-3/h4-6,15,17H,7-10H2,1-3H3. The smallest absolute Gasteiger partial charge is 0.0631 e. The Morgan fingerprint density at radius 3 is 2.47 bits per heavy atom. The van der Waals surface area contributed by atoms with Crippen LogP contribution in [-0.4, -0.2) is 37.4 Å². The zero-order chi connectivity index (χ0) is 12.5. The van der Waals surface area contributed by atoms with Crippen molar-refractivity contribution in [3.8, 4) is 0 Å². The number of benzene rings is 1. The molecule has 0 amide bonds. The summed E-state index contributed by atoms with van der Waals surface area (Å²) < 4.78 is 0. The van der Waals surface area contributed by atoms with E-state index in [9.17, 15) is 5.11 Å². The summed E-state index contributed by atoms with van der Waals surface area (Å²) in [5.74, 6) is 0. The minimum atomic E-state index is -0.130. The summed E-state index contributed by atoms with van der Waals surface area (Å²) in [7, 11) is 1.93. The molecule has 3 nitrogen and oxygen atoms in total. The topological polar surface area (TPSA) is 35.5 Å².